The molecule has 29 heavy (non-hydrogen) atoms. The van der Waals surface area contributed by atoms with E-state index < -0.39 is 22.0 Å². The number of ether oxygens (including phenoxy) is 1. The first kappa shape index (κ1) is 20.5. The molecule has 0 spiro atoms. The third-order valence-electron chi connectivity index (χ3n) is 4.07. The van der Waals surface area contributed by atoms with Crippen LogP contribution in [0.15, 0.2) is 59.6 Å². The number of methoxy groups -OCH3 is 1. The van der Waals surface area contributed by atoms with E-state index in [1.54, 1.807) is 24.3 Å². The van der Waals surface area contributed by atoms with Crippen molar-refractivity contribution in [2.75, 3.05) is 12.4 Å². The zero-order chi connectivity index (χ0) is 21.0. The molecule has 0 radical (unpaired) electrons. The molecule has 0 unspecified atom stereocenters. The molecule has 152 valence electrons. The van der Waals surface area contributed by atoms with Crippen LogP contribution in [0.2, 0.25) is 0 Å². The summed E-state index contributed by atoms with van der Waals surface area (Å²) in [6.07, 6.45) is 0.488. The molecule has 0 aliphatic carbocycles. The maximum atomic E-state index is 12.3. The number of nitrogens with two attached hydrogens (primary N) is 1. The van der Waals surface area contributed by atoms with Gasteiger partial charge >= 0.3 is 0 Å². The highest BCUT2D eigenvalue weighted by Gasteiger charge is 2.17. The van der Waals surface area contributed by atoms with Crippen molar-refractivity contribution in [1.82, 2.24) is 15.0 Å². The zero-order valence-corrected chi connectivity index (χ0v) is 16.2. The van der Waals surface area contributed by atoms with E-state index >= 15 is 0 Å². The Morgan fingerprint density at radius 2 is 1.93 bits per heavy atom. The monoisotopic (exact) mass is 417 g/mol. The molecule has 2 aromatic carbocycles. The minimum atomic E-state index is -3.81. The van der Waals surface area contributed by atoms with Gasteiger partial charge in [-0.2, -0.15) is 0 Å². The van der Waals surface area contributed by atoms with Crippen molar-refractivity contribution >= 4 is 21.6 Å². The fourth-order valence-corrected chi connectivity index (χ4v) is 3.15. The van der Waals surface area contributed by atoms with Crippen LogP contribution in [-0.4, -0.2) is 41.5 Å². The van der Waals surface area contributed by atoms with Crippen LogP contribution in [-0.2, 0) is 16.6 Å². The molecule has 10 nitrogen and oxygen atoms in total. The van der Waals surface area contributed by atoms with Gasteiger partial charge in [-0.05, 0) is 30.3 Å². The van der Waals surface area contributed by atoms with Gasteiger partial charge in [0.2, 0.25) is 10.0 Å². The summed E-state index contributed by atoms with van der Waals surface area (Å²) in [7, 11) is -2.29. The average molecular weight is 417 g/mol. The topological polar surface area (TPSA) is 149 Å². The van der Waals surface area contributed by atoms with Crippen molar-refractivity contribution in [1.29, 1.82) is 0 Å². The number of amides is 1. The third-order valence-corrected chi connectivity index (χ3v) is 5.00. The number of nitrogens with one attached hydrogen (secondary N) is 1. The van der Waals surface area contributed by atoms with Crippen LogP contribution in [0, 0.1) is 0 Å². The van der Waals surface area contributed by atoms with Crippen LogP contribution in [0.25, 0.3) is 0 Å². The predicted molar refractivity (Wildman–Crippen MR) is 104 cm³/mol. The van der Waals surface area contributed by atoms with E-state index in [1.807, 2.05) is 0 Å². The summed E-state index contributed by atoms with van der Waals surface area (Å²) in [5, 5.41) is 25.7. The first-order valence-corrected chi connectivity index (χ1v) is 9.98. The van der Waals surface area contributed by atoms with Gasteiger partial charge in [-0.1, -0.05) is 23.4 Å². The maximum absolute atomic E-state index is 12.3. The van der Waals surface area contributed by atoms with Crippen LogP contribution in [0.3, 0.4) is 0 Å². The fraction of sp³-hybridized carbons (Fsp3) is 0.167. The molecule has 0 aliphatic heterocycles. The van der Waals surface area contributed by atoms with Crippen LogP contribution >= 0.6 is 0 Å². The number of nitrogens with zero attached hydrogens (tertiary/aromatic N) is 3. The lowest BCUT2D eigenvalue weighted by Gasteiger charge is -2.14. The summed E-state index contributed by atoms with van der Waals surface area (Å²) in [6.45, 7) is 0.0731. The lowest BCUT2D eigenvalue weighted by Crippen LogP contribution is -2.14. The molecular formula is C18H19N5O5S. The van der Waals surface area contributed by atoms with E-state index in [0.717, 1.165) is 0 Å². The zero-order valence-electron chi connectivity index (χ0n) is 15.4. The van der Waals surface area contributed by atoms with Crippen molar-refractivity contribution in [3.8, 4) is 5.75 Å². The molecule has 0 aliphatic rings. The molecule has 1 amide bonds. The number of anilines is 1. The first-order chi connectivity index (χ1) is 13.8. The Morgan fingerprint density at radius 3 is 2.59 bits per heavy atom. The molecule has 3 rings (SSSR count). The highest BCUT2D eigenvalue weighted by atomic mass is 32.2. The number of hydrogen-bond donors (Lipinski definition) is 3. The number of hydrogen-bond acceptors (Lipinski definition) is 7. The van der Waals surface area contributed by atoms with Gasteiger partial charge in [0.25, 0.3) is 5.91 Å². The maximum Gasteiger partial charge on any atom is 0.277 e. The summed E-state index contributed by atoms with van der Waals surface area (Å²) in [6, 6.07) is 12.4. The van der Waals surface area contributed by atoms with Crippen LogP contribution in [0.1, 0.15) is 22.2 Å². The number of aromatic nitrogens is 3. The second-order valence-electron chi connectivity index (χ2n) is 6.11. The van der Waals surface area contributed by atoms with Crippen molar-refractivity contribution < 1.29 is 23.1 Å². The van der Waals surface area contributed by atoms with Crippen LogP contribution < -0.4 is 15.2 Å². The van der Waals surface area contributed by atoms with E-state index in [2.05, 4.69) is 15.6 Å². The Bertz CT molecular complexity index is 1110. The normalized spacial score (nSPS) is 12.4. The van der Waals surface area contributed by atoms with Gasteiger partial charge in [-0.25, -0.2) is 18.2 Å². The van der Waals surface area contributed by atoms with E-state index in [1.165, 1.54) is 42.3 Å². The number of rotatable bonds is 7. The van der Waals surface area contributed by atoms with Crippen LogP contribution in [0.4, 0.5) is 5.69 Å². The number of aliphatic hydroxyl groups is 1. The van der Waals surface area contributed by atoms with Gasteiger partial charge in [0, 0.05) is 11.3 Å². The SMILES string of the molecule is COc1ccccc1[C@@H](O)Cn1cc(C(=O)Nc2ccc(S(N)(=O)=O)cc2)nn1. The van der Waals surface area contributed by atoms with Gasteiger partial charge in [-0.15, -0.1) is 5.10 Å². The van der Waals surface area contributed by atoms with Gasteiger partial charge in [0.05, 0.1) is 24.7 Å². The number of aliphatic hydroxyl groups excluding tert-OH is 1. The number of para-hydroxylation sites is 1. The summed E-state index contributed by atoms with van der Waals surface area (Å²) in [5.74, 6) is 0.00686. The molecule has 1 heterocycles. The Morgan fingerprint density at radius 1 is 1.24 bits per heavy atom. The number of carbonyl (C=O) groups is 1. The molecule has 0 saturated carbocycles. The minimum absolute atomic E-state index is 0.0350. The lowest BCUT2D eigenvalue weighted by molar-refractivity contribution is 0.102. The fourth-order valence-electron chi connectivity index (χ4n) is 2.63. The molecule has 0 saturated heterocycles. The number of primary sulfonamides is 1. The Hall–Kier alpha value is -3.28. The highest BCUT2D eigenvalue weighted by Crippen LogP contribution is 2.25. The van der Waals surface area contributed by atoms with Gasteiger partial charge in [0.1, 0.15) is 11.9 Å². The van der Waals surface area contributed by atoms with Crippen molar-refractivity contribution in [2.45, 2.75) is 17.5 Å². The number of sulfonamides is 1. The second-order valence-corrected chi connectivity index (χ2v) is 7.67. The van der Waals surface area contributed by atoms with Crippen molar-refractivity contribution in [3.63, 3.8) is 0 Å². The molecule has 0 bridgehead atoms. The summed E-state index contributed by atoms with van der Waals surface area (Å²) in [4.78, 5) is 12.2. The van der Waals surface area contributed by atoms with E-state index in [0.29, 0.717) is 17.0 Å². The van der Waals surface area contributed by atoms with E-state index in [9.17, 15) is 18.3 Å². The van der Waals surface area contributed by atoms with Gasteiger partial charge in [-0.3, -0.25) is 4.79 Å². The van der Waals surface area contributed by atoms with Crippen molar-refractivity contribution in [3.05, 3.63) is 66.0 Å². The summed E-state index contributed by atoms with van der Waals surface area (Å²) < 4.78 is 29.1. The molecule has 4 N–H and O–H groups in total. The molecule has 3 aromatic rings. The molecule has 1 aromatic heterocycles. The van der Waals surface area contributed by atoms with Gasteiger partial charge < -0.3 is 15.2 Å². The Balaban J connectivity index is 1.67. The average Bonchev–Trinajstić information content (AvgIpc) is 3.16. The first-order valence-electron chi connectivity index (χ1n) is 8.43. The third kappa shape index (κ3) is 4.96. The largest absolute Gasteiger partial charge is 0.496 e. The van der Waals surface area contributed by atoms with Crippen LogP contribution in [0.5, 0.6) is 5.75 Å². The van der Waals surface area contributed by atoms with Gasteiger partial charge in [0.15, 0.2) is 5.69 Å². The Kier molecular flexibility index (Phi) is 5.92. The van der Waals surface area contributed by atoms with Crippen molar-refractivity contribution in [2.24, 2.45) is 5.14 Å². The molecule has 1 atom stereocenters. The van der Waals surface area contributed by atoms with E-state index in [-0.39, 0.29) is 17.1 Å². The minimum Gasteiger partial charge on any atom is -0.496 e. The molecule has 11 heteroatoms. The summed E-state index contributed by atoms with van der Waals surface area (Å²) in [5.41, 5.74) is 0.991. The van der Waals surface area contributed by atoms with E-state index in [4.69, 9.17) is 9.88 Å². The highest BCUT2D eigenvalue weighted by molar-refractivity contribution is 7.89. The number of carbonyl (C=O) groups excluding carboxylic acids is 1. The molecular weight excluding hydrogens is 398 g/mol. The lowest BCUT2D eigenvalue weighted by atomic mass is 10.1. The smallest absolute Gasteiger partial charge is 0.277 e. The second kappa shape index (κ2) is 8.39. The predicted octanol–water partition coefficient (Wildman–Crippen LogP) is 0.920. The Labute approximate surface area is 167 Å². The quantitative estimate of drug-likeness (QED) is 0.517. The standard InChI is InChI=1S/C18H19N5O5S/c1-28-17-5-3-2-4-14(17)16(24)11-23-10-15(21-22-23)18(25)20-12-6-8-13(9-7-12)29(19,26)27/h2-10,16,24H,11H2,1H3,(H,20,25)(H2,19,26,27)/t16-/m0/s1. The molecule has 0 fully saturated rings. The summed E-state index contributed by atoms with van der Waals surface area (Å²) >= 11 is 0. The number of benzene rings is 2.